The average molecular weight is 305 g/mol. The van der Waals surface area contributed by atoms with Crippen LogP contribution in [0.2, 0.25) is 0 Å². The molecule has 4 aromatic rings. The number of anilines is 2. The van der Waals surface area contributed by atoms with Gasteiger partial charge in [-0.1, -0.05) is 0 Å². The predicted molar refractivity (Wildman–Crippen MR) is 94.3 cm³/mol. The van der Waals surface area contributed by atoms with Gasteiger partial charge in [-0.15, -0.1) is 0 Å². The van der Waals surface area contributed by atoms with Gasteiger partial charge in [0.1, 0.15) is 6.33 Å². The molecule has 0 unspecified atom stereocenters. The van der Waals surface area contributed by atoms with E-state index in [0.29, 0.717) is 27.5 Å². The summed E-state index contributed by atoms with van der Waals surface area (Å²) in [5, 5.41) is 8.72. The molecule has 0 amide bonds. The Kier molecular flexibility index (Phi) is 2.60. The number of nitrogen functional groups attached to an aromatic ring is 1. The number of imidazole rings is 1. The van der Waals surface area contributed by atoms with Crippen molar-refractivity contribution in [2.24, 2.45) is 0 Å². The van der Waals surface area contributed by atoms with Gasteiger partial charge >= 0.3 is 0 Å². The quantitative estimate of drug-likeness (QED) is 0.337. The maximum atomic E-state index is 13.2. The van der Waals surface area contributed by atoms with Crippen LogP contribution in [0.5, 0.6) is 0 Å². The van der Waals surface area contributed by atoms with Gasteiger partial charge < -0.3 is 16.0 Å². The summed E-state index contributed by atoms with van der Waals surface area (Å²) in [5.74, 6) is 0. The minimum atomic E-state index is -0.117. The van der Waals surface area contributed by atoms with E-state index in [9.17, 15) is 4.79 Å². The van der Waals surface area contributed by atoms with Crippen LogP contribution in [0.15, 0.2) is 35.4 Å². The molecule has 2 heterocycles. The second-order valence-corrected chi connectivity index (χ2v) is 5.77. The van der Waals surface area contributed by atoms with Crippen molar-refractivity contribution in [3.05, 3.63) is 46.4 Å². The molecule has 0 saturated heterocycles. The first-order valence-electron chi connectivity index (χ1n) is 7.20. The van der Waals surface area contributed by atoms with Crippen molar-refractivity contribution in [2.45, 2.75) is 0 Å². The van der Waals surface area contributed by atoms with Crippen LogP contribution in [0.4, 0.5) is 11.4 Å². The smallest absolute Gasteiger partial charge is 0.200 e. The van der Waals surface area contributed by atoms with Crippen LogP contribution in [-0.4, -0.2) is 29.7 Å². The van der Waals surface area contributed by atoms with Gasteiger partial charge in [0, 0.05) is 37.2 Å². The summed E-state index contributed by atoms with van der Waals surface area (Å²) >= 11 is 0. The lowest BCUT2D eigenvalue weighted by Crippen LogP contribution is -2.16. The number of pyridine rings is 1. The van der Waals surface area contributed by atoms with Crippen molar-refractivity contribution in [3.63, 3.8) is 0 Å². The molecular weight excluding hydrogens is 290 g/mol. The molecule has 2 aromatic carbocycles. The molecule has 6 heteroatoms. The van der Waals surface area contributed by atoms with Crippen LogP contribution in [0, 0.1) is 5.41 Å². The van der Waals surface area contributed by atoms with Gasteiger partial charge in [-0.25, -0.2) is 4.98 Å². The van der Waals surface area contributed by atoms with Gasteiger partial charge in [0.25, 0.3) is 0 Å². The monoisotopic (exact) mass is 305 g/mol. The summed E-state index contributed by atoms with van der Waals surface area (Å²) in [4.78, 5) is 19.5. The highest BCUT2D eigenvalue weighted by Gasteiger charge is 2.19. The van der Waals surface area contributed by atoms with E-state index in [0.717, 1.165) is 22.9 Å². The summed E-state index contributed by atoms with van der Waals surface area (Å²) in [6, 6.07) is 7.34. The van der Waals surface area contributed by atoms with Gasteiger partial charge in [0.2, 0.25) is 0 Å². The number of benzene rings is 2. The molecule has 0 radical (unpaired) electrons. The van der Waals surface area contributed by atoms with E-state index in [1.807, 2.05) is 41.6 Å². The van der Waals surface area contributed by atoms with Crippen molar-refractivity contribution in [1.29, 1.82) is 5.41 Å². The fraction of sp³-hybridized carbons (Fsp3) is 0.118. The van der Waals surface area contributed by atoms with E-state index in [1.54, 1.807) is 12.4 Å². The van der Waals surface area contributed by atoms with E-state index in [-0.39, 0.29) is 5.43 Å². The van der Waals surface area contributed by atoms with Crippen molar-refractivity contribution >= 4 is 44.9 Å². The highest BCUT2D eigenvalue weighted by Crippen LogP contribution is 2.31. The zero-order chi connectivity index (χ0) is 16.3. The van der Waals surface area contributed by atoms with E-state index >= 15 is 0 Å². The second kappa shape index (κ2) is 4.42. The maximum absolute atomic E-state index is 13.2. The lowest BCUT2D eigenvalue weighted by molar-refractivity contribution is 1.14. The summed E-state index contributed by atoms with van der Waals surface area (Å²) in [6.45, 7) is 0. The number of nitrogens with zero attached hydrogens (tertiary/aromatic N) is 3. The predicted octanol–water partition coefficient (Wildman–Crippen LogP) is 2.08. The Bertz CT molecular complexity index is 1140. The Hall–Kier alpha value is -3.15. The SMILES string of the molecule is CN(C)c1ccc2ncn3c4ccc(N)c(C=N)c4c(=O)c1c23. The minimum absolute atomic E-state index is 0.117. The number of nitrogens with two attached hydrogens (primary N) is 1. The first-order chi connectivity index (χ1) is 11.0. The molecule has 2 aromatic heterocycles. The Morgan fingerprint density at radius 1 is 1.22 bits per heavy atom. The molecule has 23 heavy (non-hydrogen) atoms. The van der Waals surface area contributed by atoms with E-state index in [4.69, 9.17) is 11.1 Å². The molecular formula is C17H15N5O. The third kappa shape index (κ3) is 1.60. The third-order valence-corrected chi connectivity index (χ3v) is 4.28. The van der Waals surface area contributed by atoms with Crippen LogP contribution >= 0.6 is 0 Å². The first kappa shape index (κ1) is 13.5. The largest absolute Gasteiger partial charge is 0.398 e. The van der Waals surface area contributed by atoms with E-state index in [2.05, 4.69) is 4.98 Å². The van der Waals surface area contributed by atoms with Gasteiger partial charge in [0.05, 0.1) is 27.3 Å². The number of rotatable bonds is 2. The fourth-order valence-corrected chi connectivity index (χ4v) is 3.22. The van der Waals surface area contributed by atoms with Crippen LogP contribution < -0.4 is 16.1 Å². The number of fused-ring (bicyclic) bond motifs is 2. The van der Waals surface area contributed by atoms with Crippen LogP contribution in [0.3, 0.4) is 0 Å². The molecule has 0 spiro atoms. The van der Waals surface area contributed by atoms with Crippen molar-refractivity contribution in [2.75, 3.05) is 24.7 Å². The van der Waals surface area contributed by atoms with E-state index in [1.165, 1.54) is 0 Å². The molecule has 0 aliphatic rings. The fourth-order valence-electron chi connectivity index (χ4n) is 3.22. The zero-order valence-electron chi connectivity index (χ0n) is 12.8. The average Bonchev–Trinajstić information content (AvgIpc) is 2.96. The summed E-state index contributed by atoms with van der Waals surface area (Å²) < 4.78 is 1.90. The van der Waals surface area contributed by atoms with Gasteiger partial charge in [-0.3, -0.25) is 9.20 Å². The Labute approximate surface area is 131 Å². The number of hydrogen-bond acceptors (Lipinski definition) is 5. The first-order valence-corrected chi connectivity index (χ1v) is 7.20. The molecule has 6 nitrogen and oxygen atoms in total. The molecule has 114 valence electrons. The normalized spacial score (nSPS) is 11.6. The summed E-state index contributed by atoms with van der Waals surface area (Å²) in [6.07, 6.45) is 2.85. The number of aromatic nitrogens is 2. The molecule has 0 aliphatic carbocycles. The third-order valence-electron chi connectivity index (χ3n) is 4.28. The van der Waals surface area contributed by atoms with Crippen LogP contribution in [0.25, 0.3) is 27.3 Å². The zero-order valence-corrected chi connectivity index (χ0v) is 12.8. The standard InChI is InChI=1S/C17H15N5O/c1-21(2)12-6-4-11-16-15(12)17(23)14-9(7-18)10(19)3-5-13(14)22(16)8-20-11/h3-8,18H,19H2,1-2H3. The van der Waals surface area contributed by atoms with Crippen molar-refractivity contribution < 1.29 is 0 Å². The highest BCUT2D eigenvalue weighted by atomic mass is 16.1. The number of hydrogen-bond donors (Lipinski definition) is 2. The minimum Gasteiger partial charge on any atom is -0.398 e. The molecule has 0 fully saturated rings. The Morgan fingerprint density at radius 2 is 2.00 bits per heavy atom. The van der Waals surface area contributed by atoms with Crippen molar-refractivity contribution in [3.8, 4) is 0 Å². The lowest BCUT2D eigenvalue weighted by Gasteiger charge is -2.16. The Balaban J connectivity index is 2.43. The molecule has 0 bridgehead atoms. The molecule has 3 N–H and O–H groups in total. The Morgan fingerprint density at radius 3 is 2.70 bits per heavy atom. The van der Waals surface area contributed by atoms with Gasteiger partial charge in [-0.2, -0.15) is 0 Å². The molecule has 0 aliphatic heterocycles. The van der Waals surface area contributed by atoms with Crippen molar-refractivity contribution in [1.82, 2.24) is 9.38 Å². The van der Waals surface area contributed by atoms with Gasteiger partial charge in [-0.05, 0) is 24.3 Å². The summed E-state index contributed by atoms with van der Waals surface area (Å²) in [7, 11) is 3.80. The molecule has 4 rings (SSSR count). The topological polar surface area (TPSA) is 87.5 Å². The highest BCUT2D eigenvalue weighted by molar-refractivity contribution is 6.11. The second-order valence-electron chi connectivity index (χ2n) is 5.77. The van der Waals surface area contributed by atoms with Crippen LogP contribution in [-0.2, 0) is 0 Å². The molecule has 0 atom stereocenters. The number of nitrogens with one attached hydrogen (secondary N) is 1. The maximum Gasteiger partial charge on any atom is 0.200 e. The lowest BCUT2D eigenvalue weighted by atomic mass is 10.0. The van der Waals surface area contributed by atoms with E-state index < -0.39 is 0 Å². The summed E-state index contributed by atoms with van der Waals surface area (Å²) in [5.41, 5.74) is 9.85. The molecule has 0 saturated carbocycles. The van der Waals surface area contributed by atoms with Crippen LogP contribution in [0.1, 0.15) is 5.56 Å². The van der Waals surface area contributed by atoms with Gasteiger partial charge in [0.15, 0.2) is 5.43 Å².